The smallest absolute Gasteiger partial charge is 0.0136 e. The van der Waals surface area contributed by atoms with Crippen LogP contribution in [0.15, 0.2) is 30.3 Å². The normalized spacial score (nSPS) is 12.8. The first-order valence-electron chi connectivity index (χ1n) is 8.52. The minimum atomic E-state index is 0. The van der Waals surface area contributed by atoms with Crippen LogP contribution in [0.3, 0.4) is 0 Å². The summed E-state index contributed by atoms with van der Waals surface area (Å²) in [4.78, 5) is 0. The van der Waals surface area contributed by atoms with Crippen LogP contribution >= 0.6 is 0 Å². The van der Waals surface area contributed by atoms with Crippen molar-refractivity contribution in [3.63, 3.8) is 0 Å². The minimum Gasteiger partial charge on any atom is -0.412 e. The number of unbranched alkanes of at least 4 members (excludes halogenated alkanes) is 2. The molecule has 0 aliphatic rings. The number of benzene rings is 1. The quantitative estimate of drug-likeness (QED) is 0.629. The molecule has 0 amide bonds. The monoisotopic (exact) mass is 293 g/mol. The van der Waals surface area contributed by atoms with Crippen molar-refractivity contribution in [1.82, 2.24) is 0 Å². The highest BCUT2D eigenvalue weighted by atomic mass is 16.0. The Morgan fingerprint density at radius 3 is 1.95 bits per heavy atom. The van der Waals surface area contributed by atoms with E-state index in [1.54, 1.807) is 0 Å². The Balaban J connectivity index is 0.00000400. The summed E-state index contributed by atoms with van der Waals surface area (Å²) in [5.41, 5.74) is 8.33. The van der Waals surface area contributed by atoms with Gasteiger partial charge in [0.2, 0.25) is 0 Å². The van der Waals surface area contributed by atoms with Crippen LogP contribution in [-0.2, 0) is 5.41 Å². The molecule has 122 valence electrons. The summed E-state index contributed by atoms with van der Waals surface area (Å²) >= 11 is 0. The van der Waals surface area contributed by atoms with E-state index in [0.717, 1.165) is 6.42 Å². The fraction of sp³-hybridized carbons (Fsp3) is 0.684. The number of rotatable bonds is 10. The molecule has 0 spiro atoms. The van der Waals surface area contributed by atoms with Gasteiger partial charge < -0.3 is 11.2 Å². The molecule has 0 aromatic heterocycles. The second kappa shape index (κ2) is 10.8. The molecule has 2 nitrogen and oxygen atoms in total. The van der Waals surface area contributed by atoms with E-state index in [9.17, 15) is 0 Å². The van der Waals surface area contributed by atoms with Crippen LogP contribution in [0.2, 0.25) is 0 Å². The van der Waals surface area contributed by atoms with Gasteiger partial charge in [0.25, 0.3) is 0 Å². The lowest BCUT2D eigenvalue weighted by atomic mass is 9.67. The van der Waals surface area contributed by atoms with Crippen molar-refractivity contribution in [2.75, 3.05) is 0 Å². The van der Waals surface area contributed by atoms with Crippen molar-refractivity contribution in [1.29, 1.82) is 0 Å². The molecule has 4 N–H and O–H groups in total. The summed E-state index contributed by atoms with van der Waals surface area (Å²) < 4.78 is 0. The highest BCUT2D eigenvalue weighted by Crippen LogP contribution is 2.38. The molecule has 21 heavy (non-hydrogen) atoms. The summed E-state index contributed by atoms with van der Waals surface area (Å²) in [6.45, 7) is 6.83. The summed E-state index contributed by atoms with van der Waals surface area (Å²) in [6, 6.07) is 11.3. The SMILES string of the molecule is CCCCCC(N)C(CCC)(CCC)c1ccccc1.O. The molecule has 0 saturated carbocycles. The highest BCUT2D eigenvalue weighted by Gasteiger charge is 2.36. The largest absolute Gasteiger partial charge is 0.412 e. The standard InChI is InChI=1S/C19H33N.H2O/c1-4-7-9-14-18(20)19(15-5-2,16-6-3)17-12-10-8-11-13-17;/h8,10-13,18H,4-7,9,14-16,20H2,1-3H3;1H2. The van der Waals surface area contributed by atoms with E-state index in [0.29, 0.717) is 0 Å². The Hall–Kier alpha value is -0.860. The molecule has 0 aliphatic carbocycles. The Kier molecular flexibility index (Phi) is 10.4. The second-order valence-electron chi connectivity index (χ2n) is 6.12. The first-order chi connectivity index (χ1) is 9.71. The lowest BCUT2D eigenvalue weighted by Gasteiger charge is -2.40. The van der Waals surface area contributed by atoms with Gasteiger partial charge >= 0.3 is 0 Å². The maximum absolute atomic E-state index is 6.70. The van der Waals surface area contributed by atoms with Crippen LogP contribution < -0.4 is 5.73 Å². The molecule has 2 heteroatoms. The van der Waals surface area contributed by atoms with Gasteiger partial charge in [-0.15, -0.1) is 0 Å². The zero-order valence-corrected chi connectivity index (χ0v) is 14.2. The Labute approximate surface area is 131 Å². The predicted octanol–water partition coefficient (Wildman–Crippen LogP) is 4.61. The van der Waals surface area contributed by atoms with Crippen molar-refractivity contribution in [3.05, 3.63) is 35.9 Å². The number of hydrogen-bond acceptors (Lipinski definition) is 1. The Morgan fingerprint density at radius 1 is 0.905 bits per heavy atom. The van der Waals surface area contributed by atoms with Gasteiger partial charge in [-0.05, 0) is 24.8 Å². The highest BCUT2D eigenvalue weighted by molar-refractivity contribution is 5.27. The molecule has 1 aromatic carbocycles. The van der Waals surface area contributed by atoms with E-state index in [1.165, 1.54) is 50.5 Å². The van der Waals surface area contributed by atoms with E-state index < -0.39 is 0 Å². The molecular formula is C19H35NO. The first-order valence-corrected chi connectivity index (χ1v) is 8.52. The maximum Gasteiger partial charge on any atom is 0.0136 e. The fourth-order valence-corrected chi connectivity index (χ4v) is 3.55. The second-order valence-corrected chi connectivity index (χ2v) is 6.12. The van der Waals surface area contributed by atoms with E-state index in [4.69, 9.17) is 5.73 Å². The Morgan fingerprint density at radius 2 is 1.48 bits per heavy atom. The molecule has 1 atom stereocenters. The molecule has 0 aliphatic heterocycles. The molecule has 0 bridgehead atoms. The van der Waals surface area contributed by atoms with Gasteiger partial charge in [-0.3, -0.25) is 0 Å². The van der Waals surface area contributed by atoms with E-state index in [2.05, 4.69) is 51.1 Å². The van der Waals surface area contributed by atoms with Crippen LogP contribution in [0.5, 0.6) is 0 Å². The van der Waals surface area contributed by atoms with Gasteiger partial charge in [0.1, 0.15) is 0 Å². The van der Waals surface area contributed by atoms with Crippen molar-refractivity contribution in [2.24, 2.45) is 5.73 Å². The fourth-order valence-electron chi connectivity index (χ4n) is 3.55. The van der Waals surface area contributed by atoms with Crippen molar-refractivity contribution >= 4 is 0 Å². The molecule has 0 saturated heterocycles. The topological polar surface area (TPSA) is 57.5 Å². The predicted molar refractivity (Wildman–Crippen MR) is 93.7 cm³/mol. The maximum atomic E-state index is 6.70. The summed E-state index contributed by atoms with van der Waals surface area (Å²) in [5, 5.41) is 0. The molecule has 1 aromatic rings. The average molecular weight is 293 g/mol. The zero-order chi connectivity index (χ0) is 14.8. The summed E-state index contributed by atoms with van der Waals surface area (Å²) in [6.07, 6.45) is 9.81. The lowest BCUT2D eigenvalue weighted by molar-refractivity contribution is 0.273. The summed E-state index contributed by atoms with van der Waals surface area (Å²) in [5.74, 6) is 0. The van der Waals surface area contributed by atoms with Crippen molar-refractivity contribution in [2.45, 2.75) is 83.6 Å². The van der Waals surface area contributed by atoms with Crippen molar-refractivity contribution in [3.8, 4) is 0 Å². The van der Waals surface area contributed by atoms with Crippen LogP contribution in [0, 0.1) is 0 Å². The van der Waals surface area contributed by atoms with Gasteiger partial charge in [0.05, 0.1) is 0 Å². The van der Waals surface area contributed by atoms with Crippen LogP contribution in [0.1, 0.15) is 77.7 Å². The number of nitrogens with two attached hydrogens (primary N) is 1. The van der Waals surface area contributed by atoms with Crippen LogP contribution in [0.4, 0.5) is 0 Å². The first kappa shape index (κ1) is 20.1. The van der Waals surface area contributed by atoms with Crippen LogP contribution in [0.25, 0.3) is 0 Å². The molecule has 1 rings (SSSR count). The van der Waals surface area contributed by atoms with Gasteiger partial charge in [-0.1, -0.05) is 83.2 Å². The third kappa shape index (κ3) is 5.44. The zero-order valence-electron chi connectivity index (χ0n) is 14.2. The summed E-state index contributed by atoms with van der Waals surface area (Å²) in [7, 11) is 0. The minimum absolute atomic E-state index is 0. The molecule has 0 radical (unpaired) electrons. The molecular weight excluding hydrogens is 258 g/mol. The Bertz CT molecular complexity index is 344. The lowest BCUT2D eigenvalue weighted by Crippen LogP contribution is -2.45. The van der Waals surface area contributed by atoms with Gasteiger partial charge in [-0.2, -0.15) is 0 Å². The number of hydrogen-bond donors (Lipinski definition) is 1. The molecule has 0 fully saturated rings. The molecule has 0 heterocycles. The van der Waals surface area contributed by atoms with Gasteiger partial charge in [0.15, 0.2) is 0 Å². The van der Waals surface area contributed by atoms with Gasteiger partial charge in [-0.25, -0.2) is 0 Å². The molecule has 1 unspecified atom stereocenters. The van der Waals surface area contributed by atoms with E-state index in [-0.39, 0.29) is 16.9 Å². The van der Waals surface area contributed by atoms with E-state index in [1.807, 2.05) is 0 Å². The van der Waals surface area contributed by atoms with E-state index >= 15 is 0 Å². The third-order valence-electron chi connectivity index (χ3n) is 4.57. The van der Waals surface area contributed by atoms with Crippen LogP contribution in [-0.4, -0.2) is 11.5 Å². The van der Waals surface area contributed by atoms with Gasteiger partial charge in [0, 0.05) is 11.5 Å². The average Bonchev–Trinajstić information content (AvgIpc) is 2.48. The third-order valence-corrected chi connectivity index (χ3v) is 4.57. The van der Waals surface area contributed by atoms with Crippen molar-refractivity contribution < 1.29 is 5.48 Å².